The molecule has 0 spiro atoms. The molecule has 154 valence electrons. The van der Waals surface area contributed by atoms with E-state index in [1.54, 1.807) is 23.5 Å². The quantitative estimate of drug-likeness (QED) is 0.430. The van der Waals surface area contributed by atoms with Crippen LogP contribution >= 0.6 is 23.5 Å². The molecule has 0 aromatic heterocycles. The van der Waals surface area contributed by atoms with Gasteiger partial charge in [-0.1, -0.05) is 55.4 Å². The van der Waals surface area contributed by atoms with Gasteiger partial charge in [-0.15, -0.1) is 23.5 Å². The Kier molecular flexibility index (Phi) is 8.61. The standard InChI is InChI=1S/C22H36O3S2/c1-10-25-19(23)13-26-14(2)15(3)27-16-11-17(21(4,5)6)20(24)18(12-16)22(7,8)9/h11-12,14-15,24H,10,13H2,1-9H3. The van der Waals surface area contributed by atoms with Crippen molar-refractivity contribution in [2.24, 2.45) is 0 Å². The van der Waals surface area contributed by atoms with E-state index in [0.29, 0.717) is 28.6 Å². The summed E-state index contributed by atoms with van der Waals surface area (Å²) in [6.07, 6.45) is 0. The fourth-order valence-electron chi connectivity index (χ4n) is 2.67. The van der Waals surface area contributed by atoms with E-state index in [2.05, 4.69) is 67.5 Å². The lowest BCUT2D eigenvalue weighted by atomic mass is 9.79. The number of thioether (sulfide) groups is 2. The highest BCUT2D eigenvalue weighted by atomic mass is 32.2. The first kappa shape index (κ1) is 24.2. The third-order valence-corrected chi connectivity index (χ3v) is 7.25. The van der Waals surface area contributed by atoms with E-state index in [4.69, 9.17) is 4.74 Å². The largest absolute Gasteiger partial charge is 0.507 e. The van der Waals surface area contributed by atoms with Gasteiger partial charge in [-0.2, -0.15) is 0 Å². The molecule has 0 radical (unpaired) electrons. The monoisotopic (exact) mass is 412 g/mol. The van der Waals surface area contributed by atoms with Gasteiger partial charge in [-0.3, -0.25) is 4.79 Å². The topological polar surface area (TPSA) is 46.5 Å². The first-order valence-corrected chi connectivity index (χ1v) is 11.5. The summed E-state index contributed by atoms with van der Waals surface area (Å²) < 4.78 is 5.02. The van der Waals surface area contributed by atoms with Crippen LogP contribution in [0, 0.1) is 0 Å². The SMILES string of the molecule is CCOC(=O)CSC(C)C(C)Sc1cc(C(C)(C)C)c(O)c(C(C)(C)C)c1. The van der Waals surface area contributed by atoms with Crippen LogP contribution in [-0.4, -0.2) is 33.9 Å². The van der Waals surface area contributed by atoms with Crippen LogP contribution in [0.5, 0.6) is 5.75 Å². The molecule has 0 saturated carbocycles. The number of esters is 1. The number of hydrogen-bond acceptors (Lipinski definition) is 5. The van der Waals surface area contributed by atoms with Crippen LogP contribution in [0.2, 0.25) is 0 Å². The van der Waals surface area contributed by atoms with E-state index in [-0.39, 0.29) is 16.8 Å². The molecule has 1 aromatic carbocycles. The van der Waals surface area contributed by atoms with E-state index in [0.717, 1.165) is 11.1 Å². The molecular formula is C22H36O3S2. The lowest BCUT2D eigenvalue weighted by Gasteiger charge is -2.29. The van der Waals surface area contributed by atoms with Gasteiger partial charge in [-0.25, -0.2) is 0 Å². The van der Waals surface area contributed by atoms with Crippen molar-refractivity contribution in [2.75, 3.05) is 12.4 Å². The number of carbonyl (C=O) groups excluding carboxylic acids is 1. The number of carbonyl (C=O) groups is 1. The number of phenolic OH excluding ortho intramolecular Hbond substituents is 1. The summed E-state index contributed by atoms with van der Waals surface area (Å²) in [7, 11) is 0. The molecule has 27 heavy (non-hydrogen) atoms. The van der Waals surface area contributed by atoms with E-state index in [1.807, 2.05) is 6.92 Å². The molecule has 0 heterocycles. The summed E-state index contributed by atoms with van der Waals surface area (Å²) in [5.74, 6) is 0.647. The van der Waals surface area contributed by atoms with Gasteiger partial charge in [0.05, 0.1) is 12.4 Å². The Bertz CT molecular complexity index is 607. The summed E-state index contributed by atoms with van der Waals surface area (Å²) in [4.78, 5) is 12.8. The van der Waals surface area contributed by atoms with Gasteiger partial charge in [0.15, 0.2) is 0 Å². The van der Waals surface area contributed by atoms with Crippen molar-refractivity contribution >= 4 is 29.5 Å². The minimum Gasteiger partial charge on any atom is -0.507 e. The summed E-state index contributed by atoms with van der Waals surface area (Å²) in [6, 6.07) is 4.24. The van der Waals surface area contributed by atoms with E-state index >= 15 is 0 Å². The second kappa shape index (κ2) is 9.60. The van der Waals surface area contributed by atoms with Crippen molar-refractivity contribution in [1.82, 2.24) is 0 Å². The van der Waals surface area contributed by atoms with E-state index in [1.165, 1.54) is 4.90 Å². The predicted octanol–water partition coefficient (Wildman–Crippen LogP) is 6.15. The van der Waals surface area contributed by atoms with Crippen molar-refractivity contribution in [3.63, 3.8) is 0 Å². The second-order valence-electron chi connectivity index (χ2n) is 9.01. The number of ether oxygens (including phenoxy) is 1. The van der Waals surface area contributed by atoms with Crippen LogP contribution in [0.15, 0.2) is 17.0 Å². The van der Waals surface area contributed by atoms with Crippen LogP contribution in [0.3, 0.4) is 0 Å². The lowest BCUT2D eigenvalue weighted by molar-refractivity contribution is -0.139. The van der Waals surface area contributed by atoms with Crippen molar-refractivity contribution in [3.05, 3.63) is 23.3 Å². The van der Waals surface area contributed by atoms with Crippen LogP contribution in [0.4, 0.5) is 0 Å². The highest BCUT2D eigenvalue weighted by Crippen LogP contribution is 2.43. The van der Waals surface area contributed by atoms with E-state index in [9.17, 15) is 9.90 Å². The molecule has 3 nitrogen and oxygen atoms in total. The summed E-state index contributed by atoms with van der Waals surface area (Å²) >= 11 is 3.43. The molecule has 1 aromatic rings. The molecule has 0 fully saturated rings. The normalized spacial score (nSPS) is 14.7. The van der Waals surface area contributed by atoms with Gasteiger partial charge in [0, 0.05) is 26.5 Å². The van der Waals surface area contributed by atoms with Crippen LogP contribution in [0.25, 0.3) is 0 Å². The van der Waals surface area contributed by atoms with Crippen molar-refractivity contribution in [1.29, 1.82) is 0 Å². The Morgan fingerprint density at radius 1 is 1.04 bits per heavy atom. The van der Waals surface area contributed by atoms with Gasteiger partial charge in [0.25, 0.3) is 0 Å². The molecule has 0 aliphatic heterocycles. The third-order valence-electron chi connectivity index (χ3n) is 4.45. The zero-order chi connectivity index (χ0) is 21.0. The van der Waals surface area contributed by atoms with Crippen LogP contribution in [-0.2, 0) is 20.4 Å². The maximum Gasteiger partial charge on any atom is 0.315 e. The molecule has 0 bridgehead atoms. The summed E-state index contributed by atoms with van der Waals surface area (Å²) in [5.41, 5.74) is 1.70. The number of hydrogen-bond donors (Lipinski definition) is 1. The summed E-state index contributed by atoms with van der Waals surface area (Å²) in [6.45, 7) is 19.4. The second-order valence-corrected chi connectivity index (χ2v) is 11.8. The Hall–Kier alpha value is -0.810. The first-order chi connectivity index (χ1) is 12.3. The molecule has 2 unspecified atom stereocenters. The van der Waals surface area contributed by atoms with Crippen molar-refractivity contribution in [2.45, 2.75) is 88.5 Å². The zero-order valence-corrected chi connectivity index (χ0v) is 19.9. The number of phenols is 1. The van der Waals surface area contributed by atoms with Gasteiger partial charge >= 0.3 is 5.97 Å². The van der Waals surface area contributed by atoms with Gasteiger partial charge < -0.3 is 9.84 Å². The highest BCUT2D eigenvalue weighted by molar-refractivity contribution is 8.04. The molecule has 2 atom stereocenters. The molecule has 0 saturated heterocycles. The van der Waals surface area contributed by atoms with Crippen molar-refractivity contribution < 1.29 is 14.6 Å². The molecule has 0 aliphatic rings. The highest BCUT2D eigenvalue weighted by Gasteiger charge is 2.27. The Balaban J connectivity index is 3.04. The number of aromatic hydroxyl groups is 1. The number of benzene rings is 1. The number of rotatable bonds is 7. The fourth-order valence-corrected chi connectivity index (χ4v) is 4.82. The maximum atomic E-state index is 11.6. The van der Waals surface area contributed by atoms with E-state index < -0.39 is 0 Å². The molecule has 1 N–H and O–H groups in total. The van der Waals surface area contributed by atoms with Gasteiger partial charge in [0.1, 0.15) is 5.75 Å². The third kappa shape index (κ3) is 7.26. The predicted molar refractivity (Wildman–Crippen MR) is 119 cm³/mol. The Morgan fingerprint density at radius 2 is 1.52 bits per heavy atom. The Labute approximate surface area is 174 Å². The molecule has 0 aliphatic carbocycles. The molecule has 1 rings (SSSR count). The minimum atomic E-state index is -0.152. The maximum absolute atomic E-state index is 11.6. The van der Waals surface area contributed by atoms with Gasteiger partial charge in [-0.05, 0) is 29.9 Å². The van der Waals surface area contributed by atoms with Crippen LogP contribution in [0.1, 0.15) is 73.4 Å². The summed E-state index contributed by atoms with van der Waals surface area (Å²) in [5, 5.41) is 11.5. The molecule has 5 heteroatoms. The smallest absolute Gasteiger partial charge is 0.315 e. The Morgan fingerprint density at radius 3 is 1.93 bits per heavy atom. The van der Waals surface area contributed by atoms with Crippen molar-refractivity contribution in [3.8, 4) is 5.75 Å². The first-order valence-electron chi connectivity index (χ1n) is 9.59. The average Bonchev–Trinajstić information content (AvgIpc) is 2.52. The van der Waals surface area contributed by atoms with Gasteiger partial charge in [0.2, 0.25) is 0 Å². The zero-order valence-electron chi connectivity index (χ0n) is 18.3. The minimum absolute atomic E-state index is 0.131. The lowest BCUT2D eigenvalue weighted by Crippen LogP contribution is -2.19. The fraction of sp³-hybridized carbons (Fsp3) is 0.682. The molecular weight excluding hydrogens is 376 g/mol. The van der Waals surface area contributed by atoms with Crippen LogP contribution < -0.4 is 0 Å². The molecule has 0 amide bonds. The average molecular weight is 413 g/mol.